The Morgan fingerprint density at radius 3 is 0.974 bits per heavy atom. The van der Waals surface area contributed by atoms with Gasteiger partial charge in [-0.2, -0.15) is 0 Å². The van der Waals surface area contributed by atoms with Crippen molar-refractivity contribution in [2.45, 2.75) is 113 Å². The van der Waals surface area contributed by atoms with Gasteiger partial charge in [-0.25, -0.2) is 0 Å². The number of aromatic amines is 4. The van der Waals surface area contributed by atoms with Crippen LogP contribution in [-0.4, -0.2) is 19.9 Å². The number of hydrogen-bond donors (Lipinski definition) is 4. The van der Waals surface area contributed by atoms with Gasteiger partial charge in [0.05, 0.1) is 16.2 Å². The summed E-state index contributed by atoms with van der Waals surface area (Å²) in [6.45, 7) is 0. The van der Waals surface area contributed by atoms with Crippen LogP contribution >= 0.6 is 0 Å². The van der Waals surface area contributed by atoms with E-state index in [1.807, 2.05) is 0 Å². The normalized spacial score (nSPS) is 22.8. The Morgan fingerprint density at radius 2 is 0.684 bits per heavy atom. The van der Waals surface area contributed by atoms with Gasteiger partial charge in [0.1, 0.15) is 0 Å². The van der Waals surface area contributed by atoms with Crippen molar-refractivity contribution in [1.29, 1.82) is 0 Å². The van der Waals surface area contributed by atoms with E-state index in [-0.39, 0.29) is 16.2 Å². The molecule has 0 unspecified atom stereocenters. The molecule has 0 saturated heterocycles. The van der Waals surface area contributed by atoms with Crippen LogP contribution in [0.1, 0.15) is 130 Å². The lowest BCUT2D eigenvalue weighted by Crippen LogP contribution is -2.34. The Bertz CT molecular complexity index is 1200. The van der Waals surface area contributed by atoms with E-state index in [1.54, 1.807) is 0 Å². The van der Waals surface area contributed by atoms with Crippen molar-refractivity contribution in [3.63, 3.8) is 0 Å². The van der Waals surface area contributed by atoms with E-state index < -0.39 is 0 Å². The zero-order valence-electron chi connectivity index (χ0n) is 22.9. The molecule has 4 heteroatoms. The van der Waals surface area contributed by atoms with E-state index in [0.29, 0.717) is 0 Å². The Labute approximate surface area is 227 Å². The molecule has 4 heterocycles. The van der Waals surface area contributed by atoms with Crippen molar-refractivity contribution >= 4 is 0 Å². The first kappa shape index (κ1) is 24.2. The summed E-state index contributed by atoms with van der Waals surface area (Å²) in [6.07, 6.45) is 23.4. The van der Waals surface area contributed by atoms with E-state index in [9.17, 15) is 0 Å². The molecule has 3 saturated carbocycles. The fraction of sp³-hybridized carbons (Fsp3) is 0.529. The summed E-state index contributed by atoms with van der Waals surface area (Å²) in [5.41, 5.74) is 8.69. The lowest BCUT2D eigenvalue weighted by atomic mass is 9.69. The van der Waals surface area contributed by atoms with Crippen LogP contribution in [-0.2, 0) is 16.2 Å². The molecule has 4 aromatic heterocycles. The first-order valence-corrected chi connectivity index (χ1v) is 15.4. The minimum Gasteiger partial charge on any atom is -0.364 e. The summed E-state index contributed by atoms with van der Waals surface area (Å²) in [4.78, 5) is 15.4. The average molecular weight is 509 g/mol. The summed E-state index contributed by atoms with van der Waals surface area (Å²) < 4.78 is 0. The lowest BCUT2D eigenvalue weighted by molar-refractivity contribution is 0.315. The van der Waals surface area contributed by atoms with Crippen LogP contribution in [0.3, 0.4) is 0 Å². The van der Waals surface area contributed by atoms with Crippen molar-refractivity contribution in [3.05, 3.63) is 95.1 Å². The monoisotopic (exact) mass is 508 g/mol. The highest BCUT2D eigenvalue weighted by Crippen LogP contribution is 2.50. The van der Waals surface area contributed by atoms with Crippen LogP contribution in [0.5, 0.6) is 0 Å². The molecule has 7 rings (SSSR count). The molecule has 0 bridgehead atoms. The number of rotatable bonds is 6. The van der Waals surface area contributed by atoms with Gasteiger partial charge in [0.2, 0.25) is 0 Å². The van der Waals surface area contributed by atoms with Gasteiger partial charge in [-0.1, -0.05) is 57.8 Å². The molecule has 4 aromatic rings. The van der Waals surface area contributed by atoms with E-state index in [2.05, 4.69) is 80.9 Å². The Hall–Kier alpha value is -2.88. The van der Waals surface area contributed by atoms with Crippen LogP contribution in [0, 0.1) is 0 Å². The second-order valence-corrected chi connectivity index (χ2v) is 12.7. The Kier molecular flexibility index (Phi) is 6.17. The van der Waals surface area contributed by atoms with Gasteiger partial charge in [0, 0.05) is 46.6 Å². The van der Waals surface area contributed by atoms with Gasteiger partial charge in [-0.05, 0) is 87.1 Å². The van der Waals surface area contributed by atoms with Gasteiger partial charge >= 0.3 is 0 Å². The molecule has 4 N–H and O–H groups in total. The van der Waals surface area contributed by atoms with Gasteiger partial charge in [0.15, 0.2) is 0 Å². The zero-order valence-corrected chi connectivity index (χ0v) is 22.9. The third kappa shape index (κ3) is 3.78. The quantitative estimate of drug-likeness (QED) is 0.201. The highest BCUT2D eigenvalue weighted by atomic mass is 14.9. The fourth-order valence-electron chi connectivity index (χ4n) is 8.68. The molecule has 4 nitrogen and oxygen atoms in total. The second-order valence-electron chi connectivity index (χ2n) is 12.7. The molecular formula is C34H44N4. The number of nitrogens with one attached hydrogen (secondary N) is 4. The molecule has 3 aliphatic rings. The van der Waals surface area contributed by atoms with Crippen LogP contribution in [0.4, 0.5) is 0 Å². The first-order valence-electron chi connectivity index (χ1n) is 15.4. The van der Waals surface area contributed by atoms with E-state index in [1.165, 1.54) is 130 Å². The SMILES string of the molecule is c1c[nH]c(C2(c3ccc(C4(c5ccc(C6(c7ccc[nH]7)CCCCC6)[nH]5)CCCCC4)[nH]3)CCCCC2)c1. The predicted octanol–water partition coefficient (Wildman–Crippen LogP) is 8.75. The molecule has 0 aliphatic heterocycles. The average Bonchev–Trinajstić information content (AvgIpc) is 3.80. The van der Waals surface area contributed by atoms with Gasteiger partial charge in [-0.3, -0.25) is 0 Å². The van der Waals surface area contributed by atoms with E-state index in [4.69, 9.17) is 0 Å². The molecule has 0 radical (unpaired) electrons. The number of H-pyrrole nitrogens is 4. The molecule has 0 aromatic carbocycles. The van der Waals surface area contributed by atoms with E-state index in [0.717, 1.165) is 0 Å². The summed E-state index contributed by atoms with van der Waals surface area (Å²) in [6, 6.07) is 18.7. The zero-order chi connectivity index (χ0) is 25.5. The summed E-state index contributed by atoms with van der Waals surface area (Å²) >= 11 is 0. The maximum absolute atomic E-state index is 4.10. The van der Waals surface area contributed by atoms with E-state index >= 15 is 0 Å². The van der Waals surface area contributed by atoms with Crippen molar-refractivity contribution in [3.8, 4) is 0 Å². The van der Waals surface area contributed by atoms with Gasteiger partial charge in [-0.15, -0.1) is 0 Å². The molecule has 3 aliphatic carbocycles. The number of aromatic nitrogens is 4. The highest BCUT2D eigenvalue weighted by Gasteiger charge is 2.44. The summed E-state index contributed by atoms with van der Waals surface area (Å²) in [7, 11) is 0. The molecule has 38 heavy (non-hydrogen) atoms. The van der Waals surface area contributed by atoms with Crippen LogP contribution in [0.25, 0.3) is 0 Å². The molecule has 3 fully saturated rings. The fourth-order valence-corrected chi connectivity index (χ4v) is 8.68. The Balaban J connectivity index is 1.29. The van der Waals surface area contributed by atoms with Gasteiger partial charge < -0.3 is 19.9 Å². The molecule has 0 amide bonds. The highest BCUT2D eigenvalue weighted by molar-refractivity contribution is 5.42. The minimum absolute atomic E-state index is 0.0476. The van der Waals surface area contributed by atoms with Gasteiger partial charge in [0.25, 0.3) is 0 Å². The maximum Gasteiger partial charge on any atom is 0.0503 e. The minimum atomic E-state index is 0.0476. The molecule has 200 valence electrons. The summed E-state index contributed by atoms with van der Waals surface area (Å²) in [5.74, 6) is 0. The van der Waals surface area contributed by atoms with Crippen molar-refractivity contribution < 1.29 is 0 Å². The first-order chi connectivity index (χ1) is 18.8. The smallest absolute Gasteiger partial charge is 0.0503 e. The summed E-state index contributed by atoms with van der Waals surface area (Å²) in [5, 5.41) is 0. The molecule has 0 spiro atoms. The number of hydrogen-bond acceptors (Lipinski definition) is 0. The second kappa shape index (κ2) is 9.70. The van der Waals surface area contributed by atoms with Crippen molar-refractivity contribution in [2.24, 2.45) is 0 Å². The van der Waals surface area contributed by atoms with Crippen molar-refractivity contribution in [1.82, 2.24) is 19.9 Å². The Morgan fingerprint density at radius 1 is 0.368 bits per heavy atom. The van der Waals surface area contributed by atoms with Crippen LogP contribution in [0.15, 0.2) is 60.9 Å². The molecular weight excluding hydrogens is 464 g/mol. The van der Waals surface area contributed by atoms with Crippen LogP contribution in [0.2, 0.25) is 0 Å². The third-order valence-corrected chi connectivity index (χ3v) is 10.8. The van der Waals surface area contributed by atoms with Crippen molar-refractivity contribution in [2.75, 3.05) is 0 Å². The maximum atomic E-state index is 4.10. The molecule has 0 atom stereocenters. The third-order valence-electron chi connectivity index (χ3n) is 10.8. The largest absolute Gasteiger partial charge is 0.364 e. The lowest BCUT2D eigenvalue weighted by Gasteiger charge is -2.39. The van der Waals surface area contributed by atoms with Crippen LogP contribution < -0.4 is 0 Å². The standard InChI is InChI=1S/C34H44N4/c1-4-18-32(19-5-1,26-12-10-24-35-26)28-14-16-30(37-28)34(22-8-3-9-23-34)31-17-15-29(38-31)33(20-6-2-7-21-33)27-13-11-25-36-27/h10-17,24-25,35-38H,1-9,18-23H2. The topological polar surface area (TPSA) is 63.2 Å². The predicted molar refractivity (Wildman–Crippen MR) is 155 cm³/mol.